The lowest BCUT2D eigenvalue weighted by Gasteiger charge is -2.21. The molecule has 7 nitrogen and oxygen atoms in total. The number of benzene rings is 3. The number of esters is 3. The molecule has 0 saturated carbocycles. The van der Waals surface area contributed by atoms with E-state index in [0.717, 1.165) is 0 Å². The van der Waals surface area contributed by atoms with Crippen molar-refractivity contribution in [3.8, 4) is 0 Å². The van der Waals surface area contributed by atoms with Gasteiger partial charge in [0.2, 0.25) is 6.29 Å². The van der Waals surface area contributed by atoms with E-state index in [1.54, 1.807) is 97.9 Å². The van der Waals surface area contributed by atoms with Gasteiger partial charge in [-0.05, 0) is 36.4 Å². The zero-order valence-corrected chi connectivity index (χ0v) is 18.5. The van der Waals surface area contributed by atoms with Crippen LogP contribution < -0.4 is 0 Å². The van der Waals surface area contributed by atoms with E-state index >= 15 is 0 Å². The zero-order chi connectivity index (χ0) is 23.9. The molecule has 34 heavy (non-hydrogen) atoms. The highest BCUT2D eigenvalue weighted by Crippen LogP contribution is 2.32. The highest BCUT2D eigenvalue weighted by molar-refractivity contribution is 5.90. The van der Waals surface area contributed by atoms with Gasteiger partial charge in [-0.1, -0.05) is 61.5 Å². The van der Waals surface area contributed by atoms with Gasteiger partial charge in [-0.15, -0.1) is 0 Å². The molecule has 7 heteroatoms. The van der Waals surface area contributed by atoms with Gasteiger partial charge in [0.15, 0.2) is 0 Å². The summed E-state index contributed by atoms with van der Waals surface area (Å²) in [6, 6.07) is 25.6. The minimum atomic E-state index is -0.985. The largest absolute Gasteiger partial charge is 0.459 e. The number of carbonyl (C=O) groups excluding carboxylic acids is 3. The summed E-state index contributed by atoms with van der Waals surface area (Å²) in [4.78, 5) is 37.7. The Morgan fingerprint density at radius 1 is 0.676 bits per heavy atom. The molecule has 0 N–H and O–H groups in total. The molecule has 4 atom stereocenters. The molecule has 4 rings (SSSR count). The molecule has 0 bridgehead atoms. The molecule has 1 aliphatic heterocycles. The van der Waals surface area contributed by atoms with Crippen molar-refractivity contribution in [3.05, 3.63) is 108 Å². The standard InChI is InChI=1S/C27H24O7/c1-18-23(33-25(29)20-13-7-3-8-14-20)22(17-31-24(28)19-11-5-2-6-12-19)32-27(18)34-26(30)21-15-9-4-10-16-21/h2-16,18,22-23,27H,17H2,1H3/t18?,22-,23-,27-/m0/s1. The molecular weight excluding hydrogens is 436 g/mol. The molecule has 0 aliphatic carbocycles. The Morgan fingerprint density at radius 3 is 1.62 bits per heavy atom. The Morgan fingerprint density at radius 2 is 1.12 bits per heavy atom. The third-order valence-electron chi connectivity index (χ3n) is 5.50. The van der Waals surface area contributed by atoms with Crippen molar-refractivity contribution in [1.29, 1.82) is 0 Å². The SMILES string of the molecule is CC1[C@H](OC(=O)c2ccccc2)O[C@@H](COC(=O)c2ccccc2)[C@H]1OC(=O)c1ccccc1. The van der Waals surface area contributed by atoms with Crippen molar-refractivity contribution >= 4 is 17.9 Å². The van der Waals surface area contributed by atoms with Crippen molar-refractivity contribution in [3.63, 3.8) is 0 Å². The van der Waals surface area contributed by atoms with Crippen molar-refractivity contribution in [1.82, 2.24) is 0 Å². The summed E-state index contributed by atoms with van der Waals surface area (Å²) in [5, 5.41) is 0. The van der Waals surface area contributed by atoms with E-state index < -0.39 is 42.3 Å². The van der Waals surface area contributed by atoms with Crippen LogP contribution in [-0.2, 0) is 18.9 Å². The number of rotatable bonds is 7. The predicted octanol–water partition coefficient (Wildman–Crippen LogP) is 4.29. The summed E-state index contributed by atoms with van der Waals surface area (Å²) in [6.07, 6.45) is -2.60. The monoisotopic (exact) mass is 460 g/mol. The number of hydrogen-bond acceptors (Lipinski definition) is 7. The van der Waals surface area contributed by atoms with Crippen molar-refractivity contribution < 1.29 is 33.3 Å². The molecule has 1 saturated heterocycles. The van der Waals surface area contributed by atoms with Crippen LogP contribution in [0.15, 0.2) is 91.0 Å². The first-order chi connectivity index (χ1) is 16.5. The number of carbonyl (C=O) groups is 3. The van der Waals surface area contributed by atoms with Gasteiger partial charge in [0.1, 0.15) is 18.8 Å². The van der Waals surface area contributed by atoms with Crippen LogP contribution in [0.1, 0.15) is 38.0 Å². The van der Waals surface area contributed by atoms with Gasteiger partial charge in [0.05, 0.1) is 22.6 Å². The molecule has 1 fully saturated rings. The molecule has 1 aliphatic rings. The second-order valence-corrected chi connectivity index (χ2v) is 7.87. The molecule has 3 aromatic carbocycles. The highest BCUT2D eigenvalue weighted by Gasteiger charge is 2.47. The van der Waals surface area contributed by atoms with E-state index in [0.29, 0.717) is 16.7 Å². The van der Waals surface area contributed by atoms with Gasteiger partial charge < -0.3 is 18.9 Å². The highest BCUT2D eigenvalue weighted by atomic mass is 16.7. The van der Waals surface area contributed by atoms with Crippen LogP contribution in [0.2, 0.25) is 0 Å². The molecule has 0 amide bonds. The summed E-state index contributed by atoms with van der Waals surface area (Å²) < 4.78 is 22.6. The molecule has 0 spiro atoms. The smallest absolute Gasteiger partial charge is 0.340 e. The van der Waals surface area contributed by atoms with E-state index in [1.165, 1.54) is 0 Å². The summed E-state index contributed by atoms with van der Waals surface area (Å²) in [5.74, 6) is -2.14. The van der Waals surface area contributed by atoms with Crippen LogP contribution in [0.4, 0.5) is 0 Å². The van der Waals surface area contributed by atoms with Crippen molar-refractivity contribution in [2.75, 3.05) is 6.61 Å². The Balaban J connectivity index is 1.47. The molecule has 0 aromatic heterocycles. The summed E-state index contributed by atoms with van der Waals surface area (Å²) >= 11 is 0. The maximum Gasteiger partial charge on any atom is 0.340 e. The lowest BCUT2D eigenvalue weighted by molar-refractivity contribution is -0.125. The fourth-order valence-electron chi connectivity index (χ4n) is 3.65. The Hall–Kier alpha value is -3.97. The molecule has 0 radical (unpaired) electrons. The van der Waals surface area contributed by atoms with Crippen LogP contribution in [0.5, 0.6) is 0 Å². The first-order valence-electron chi connectivity index (χ1n) is 10.9. The summed E-state index contributed by atoms with van der Waals surface area (Å²) in [7, 11) is 0. The Labute approximate surface area is 197 Å². The van der Waals surface area contributed by atoms with Crippen LogP contribution in [0, 0.1) is 5.92 Å². The molecule has 1 unspecified atom stereocenters. The summed E-state index contributed by atoms with van der Waals surface area (Å²) in [6.45, 7) is 1.58. The third kappa shape index (κ3) is 5.50. The molecule has 3 aromatic rings. The fourth-order valence-corrected chi connectivity index (χ4v) is 3.65. The van der Waals surface area contributed by atoms with Gasteiger partial charge in [-0.3, -0.25) is 0 Å². The van der Waals surface area contributed by atoms with E-state index in [9.17, 15) is 14.4 Å². The lowest BCUT2D eigenvalue weighted by atomic mass is 10.0. The van der Waals surface area contributed by atoms with Crippen LogP contribution >= 0.6 is 0 Å². The second kappa shape index (κ2) is 10.8. The van der Waals surface area contributed by atoms with E-state index in [2.05, 4.69) is 0 Å². The Kier molecular flexibility index (Phi) is 7.34. The quantitative estimate of drug-likeness (QED) is 0.384. The van der Waals surface area contributed by atoms with Gasteiger partial charge in [-0.2, -0.15) is 0 Å². The average Bonchev–Trinajstić information content (AvgIpc) is 3.17. The number of ether oxygens (including phenoxy) is 4. The van der Waals surface area contributed by atoms with Crippen molar-refractivity contribution in [2.24, 2.45) is 5.92 Å². The topological polar surface area (TPSA) is 88.1 Å². The van der Waals surface area contributed by atoms with Gasteiger partial charge in [0.25, 0.3) is 0 Å². The minimum absolute atomic E-state index is 0.176. The van der Waals surface area contributed by atoms with Crippen LogP contribution in [-0.4, -0.2) is 43.0 Å². The summed E-state index contributed by atoms with van der Waals surface area (Å²) in [5.41, 5.74) is 1.13. The normalized spacial score (nSPS) is 21.4. The fraction of sp³-hybridized carbons (Fsp3) is 0.222. The Bertz CT molecular complexity index is 1120. The first kappa shape index (κ1) is 23.2. The second-order valence-electron chi connectivity index (χ2n) is 7.87. The average molecular weight is 460 g/mol. The lowest BCUT2D eigenvalue weighted by Crippen LogP contribution is -2.35. The van der Waals surface area contributed by atoms with Crippen LogP contribution in [0.25, 0.3) is 0 Å². The van der Waals surface area contributed by atoms with Gasteiger partial charge in [0, 0.05) is 0 Å². The minimum Gasteiger partial charge on any atom is -0.459 e. The maximum atomic E-state index is 12.7. The van der Waals surface area contributed by atoms with Gasteiger partial charge >= 0.3 is 17.9 Å². The van der Waals surface area contributed by atoms with E-state index in [1.807, 2.05) is 0 Å². The number of hydrogen-bond donors (Lipinski definition) is 0. The van der Waals surface area contributed by atoms with Crippen molar-refractivity contribution in [2.45, 2.75) is 25.4 Å². The predicted molar refractivity (Wildman–Crippen MR) is 122 cm³/mol. The zero-order valence-electron chi connectivity index (χ0n) is 18.5. The molecular formula is C27H24O7. The first-order valence-corrected chi connectivity index (χ1v) is 10.9. The third-order valence-corrected chi connectivity index (χ3v) is 5.50. The van der Waals surface area contributed by atoms with E-state index in [-0.39, 0.29) is 6.61 Å². The maximum absolute atomic E-state index is 12.7. The van der Waals surface area contributed by atoms with Gasteiger partial charge in [-0.25, -0.2) is 14.4 Å². The molecule has 1 heterocycles. The van der Waals surface area contributed by atoms with Crippen LogP contribution in [0.3, 0.4) is 0 Å². The van der Waals surface area contributed by atoms with E-state index in [4.69, 9.17) is 18.9 Å². The molecule has 174 valence electrons.